The Morgan fingerprint density at radius 1 is 0.966 bits per heavy atom. The maximum Gasteiger partial charge on any atom is 0.327 e. The molecule has 3 aromatic carbocycles. The highest BCUT2D eigenvalue weighted by molar-refractivity contribution is 5.99. The summed E-state index contributed by atoms with van der Waals surface area (Å²) < 4.78 is 5.97. The van der Waals surface area contributed by atoms with Crippen molar-refractivity contribution in [3.05, 3.63) is 82.6 Å². The summed E-state index contributed by atoms with van der Waals surface area (Å²) in [6.45, 7) is -0.719. The lowest BCUT2D eigenvalue weighted by molar-refractivity contribution is -0.146. The first kappa shape index (κ1) is 18.3. The molecule has 8 heteroatoms. The summed E-state index contributed by atoms with van der Waals surface area (Å²) in [7, 11) is 0. The van der Waals surface area contributed by atoms with Crippen LogP contribution in [-0.4, -0.2) is 33.4 Å². The molecule has 0 aliphatic heterocycles. The predicted molar refractivity (Wildman–Crippen MR) is 106 cm³/mol. The number of hydrogen-bond acceptors (Lipinski definition) is 6. The third-order valence-electron chi connectivity index (χ3n) is 4.38. The van der Waals surface area contributed by atoms with Gasteiger partial charge >= 0.3 is 5.97 Å². The minimum atomic E-state index is -0.694. The van der Waals surface area contributed by atoms with Crippen LogP contribution in [0.1, 0.15) is 10.4 Å². The van der Waals surface area contributed by atoms with Gasteiger partial charge in [-0.1, -0.05) is 47.7 Å². The number of esters is 1. The number of ether oxygens (including phenoxy) is 1. The molecule has 0 saturated carbocycles. The first-order valence-electron chi connectivity index (χ1n) is 8.87. The molecule has 4 aromatic rings. The zero-order chi connectivity index (χ0) is 20.2. The van der Waals surface area contributed by atoms with E-state index in [-0.39, 0.29) is 13.3 Å². The highest BCUT2D eigenvalue weighted by Crippen LogP contribution is 2.15. The number of amides is 1. The van der Waals surface area contributed by atoms with Crippen LogP contribution in [-0.2, 0) is 16.3 Å². The van der Waals surface area contributed by atoms with Gasteiger partial charge in [0.05, 0.1) is 5.39 Å². The van der Waals surface area contributed by atoms with Gasteiger partial charge < -0.3 is 10.1 Å². The highest BCUT2D eigenvalue weighted by atomic mass is 16.5. The number of carbonyl (C=O) groups excluding carboxylic acids is 2. The average Bonchev–Trinajstić information content (AvgIpc) is 2.77. The summed E-state index contributed by atoms with van der Waals surface area (Å²) in [5.41, 5.74) is 0.486. The summed E-state index contributed by atoms with van der Waals surface area (Å²) in [6.07, 6.45) is 0. The van der Waals surface area contributed by atoms with Gasteiger partial charge in [-0.25, -0.2) is 0 Å². The number of nitrogens with one attached hydrogen (secondary N) is 1. The van der Waals surface area contributed by atoms with Crippen LogP contribution in [0.25, 0.3) is 21.7 Å². The summed E-state index contributed by atoms with van der Waals surface area (Å²) >= 11 is 0. The Balaban J connectivity index is 1.35. The number of fused-ring (bicyclic) bond motifs is 2. The SMILES string of the molecule is O=C(CNC(=O)c1ccc2ccccc2c1)OCn1nnc2ccccc2c1=O. The van der Waals surface area contributed by atoms with Gasteiger partial charge in [0.25, 0.3) is 11.5 Å². The summed E-state index contributed by atoms with van der Waals surface area (Å²) in [5.74, 6) is -1.09. The highest BCUT2D eigenvalue weighted by Gasteiger charge is 2.11. The van der Waals surface area contributed by atoms with Crippen LogP contribution >= 0.6 is 0 Å². The van der Waals surface area contributed by atoms with Gasteiger partial charge in [0.15, 0.2) is 6.73 Å². The largest absolute Gasteiger partial charge is 0.441 e. The van der Waals surface area contributed by atoms with Crippen LogP contribution in [0.4, 0.5) is 0 Å². The van der Waals surface area contributed by atoms with Gasteiger partial charge in [-0.15, -0.1) is 5.10 Å². The molecule has 144 valence electrons. The Kier molecular flexibility index (Phi) is 4.98. The van der Waals surface area contributed by atoms with Gasteiger partial charge in [-0.2, -0.15) is 4.68 Å². The van der Waals surface area contributed by atoms with Crippen molar-refractivity contribution in [2.45, 2.75) is 6.73 Å². The summed E-state index contributed by atoms with van der Waals surface area (Å²) in [6, 6.07) is 19.7. The van der Waals surface area contributed by atoms with E-state index in [9.17, 15) is 14.4 Å². The standard InChI is InChI=1S/C21H16N4O4/c26-19(29-13-25-21(28)17-7-3-4-8-18(17)23-24-25)12-22-20(27)16-10-9-14-5-1-2-6-15(14)11-16/h1-11H,12-13H2,(H,22,27). The molecule has 0 saturated heterocycles. The molecule has 29 heavy (non-hydrogen) atoms. The molecule has 1 heterocycles. The molecule has 1 aromatic heterocycles. The molecule has 0 aliphatic rings. The number of nitrogens with zero attached hydrogens (tertiary/aromatic N) is 3. The van der Waals surface area contributed by atoms with Crippen molar-refractivity contribution in [2.24, 2.45) is 0 Å². The van der Waals surface area contributed by atoms with Crippen molar-refractivity contribution in [3.8, 4) is 0 Å². The lowest BCUT2D eigenvalue weighted by Crippen LogP contribution is -2.32. The molecular weight excluding hydrogens is 372 g/mol. The van der Waals surface area contributed by atoms with Crippen molar-refractivity contribution < 1.29 is 14.3 Å². The number of hydrogen-bond donors (Lipinski definition) is 1. The van der Waals surface area contributed by atoms with E-state index < -0.39 is 17.4 Å². The van der Waals surface area contributed by atoms with Crippen molar-refractivity contribution >= 4 is 33.6 Å². The third kappa shape index (κ3) is 3.96. The van der Waals surface area contributed by atoms with Crippen molar-refractivity contribution in [2.75, 3.05) is 6.54 Å². The Morgan fingerprint density at radius 3 is 2.59 bits per heavy atom. The maximum absolute atomic E-state index is 12.3. The molecule has 8 nitrogen and oxygen atoms in total. The molecule has 0 radical (unpaired) electrons. The Labute approximate surface area is 164 Å². The molecule has 4 rings (SSSR count). The number of carbonyl (C=O) groups is 2. The van der Waals surface area contributed by atoms with E-state index in [1.807, 2.05) is 30.3 Å². The number of aromatic nitrogens is 3. The van der Waals surface area contributed by atoms with Gasteiger partial charge in [0.2, 0.25) is 0 Å². The second kappa shape index (κ2) is 7.89. The van der Waals surface area contributed by atoms with Crippen LogP contribution in [0.15, 0.2) is 71.5 Å². The summed E-state index contributed by atoms with van der Waals surface area (Å²) in [4.78, 5) is 36.5. The van der Waals surface area contributed by atoms with E-state index in [1.54, 1.807) is 36.4 Å². The van der Waals surface area contributed by atoms with E-state index in [1.165, 1.54) is 0 Å². The number of benzene rings is 3. The molecule has 0 spiro atoms. The van der Waals surface area contributed by atoms with Crippen molar-refractivity contribution in [3.63, 3.8) is 0 Å². The molecule has 0 bridgehead atoms. The van der Waals surface area contributed by atoms with Crippen LogP contribution in [0.3, 0.4) is 0 Å². The Bertz CT molecular complexity index is 1280. The second-order valence-corrected chi connectivity index (χ2v) is 6.30. The van der Waals surface area contributed by atoms with Gasteiger partial charge in [-0.3, -0.25) is 14.4 Å². The van der Waals surface area contributed by atoms with Gasteiger partial charge in [0.1, 0.15) is 12.1 Å². The van der Waals surface area contributed by atoms with E-state index in [2.05, 4.69) is 15.6 Å². The van der Waals surface area contributed by atoms with Gasteiger partial charge in [-0.05, 0) is 35.0 Å². The average molecular weight is 388 g/mol. The van der Waals surface area contributed by atoms with E-state index >= 15 is 0 Å². The van der Waals surface area contributed by atoms with Crippen molar-refractivity contribution in [1.29, 1.82) is 0 Å². The zero-order valence-corrected chi connectivity index (χ0v) is 15.2. The van der Waals surface area contributed by atoms with Crippen LogP contribution < -0.4 is 10.9 Å². The third-order valence-corrected chi connectivity index (χ3v) is 4.38. The number of rotatable bonds is 5. The molecule has 0 atom stereocenters. The van der Waals surface area contributed by atoms with Crippen LogP contribution in [0.5, 0.6) is 0 Å². The lowest BCUT2D eigenvalue weighted by Gasteiger charge is -2.08. The Morgan fingerprint density at radius 2 is 1.72 bits per heavy atom. The smallest absolute Gasteiger partial charge is 0.327 e. The normalized spacial score (nSPS) is 10.8. The molecule has 0 unspecified atom stereocenters. The first-order valence-corrected chi connectivity index (χ1v) is 8.87. The molecule has 0 fully saturated rings. The predicted octanol–water partition coefficient (Wildman–Crippen LogP) is 1.88. The van der Waals surface area contributed by atoms with E-state index in [0.717, 1.165) is 15.5 Å². The molecule has 0 aliphatic carbocycles. The molecule has 1 N–H and O–H groups in total. The lowest BCUT2D eigenvalue weighted by atomic mass is 10.1. The monoisotopic (exact) mass is 388 g/mol. The van der Waals surface area contributed by atoms with Crippen LogP contribution in [0.2, 0.25) is 0 Å². The minimum Gasteiger partial charge on any atom is -0.441 e. The quantitative estimate of drug-likeness (QED) is 0.524. The Hall–Kier alpha value is -4.07. The van der Waals surface area contributed by atoms with Crippen LogP contribution in [0, 0.1) is 0 Å². The zero-order valence-electron chi connectivity index (χ0n) is 15.2. The van der Waals surface area contributed by atoms with Crippen molar-refractivity contribution in [1.82, 2.24) is 20.3 Å². The maximum atomic E-state index is 12.3. The second-order valence-electron chi connectivity index (χ2n) is 6.30. The fourth-order valence-corrected chi connectivity index (χ4v) is 2.88. The van der Waals surface area contributed by atoms with E-state index in [0.29, 0.717) is 16.5 Å². The fraction of sp³-hybridized carbons (Fsp3) is 0.0952. The fourth-order valence-electron chi connectivity index (χ4n) is 2.88. The topological polar surface area (TPSA) is 103 Å². The minimum absolute atomic E-state index is 0.332. The molecule has 1 amide bonds. The van der Waals surface area contributed by atoms with E-state index in [4.69, 9.17) is 4.74 Å². The molecular formula is C21H16N4O4. The van der Waals surface area contributed by atoms with Gasteiger partial charge in [0, 0.05) is 5.56 Å². The first-order chi connectivity index (χ1) is 14.1. The summed E-state index contributed by atoms with van der Waals surface area (Å²) in [5, 5.41) is 12.5.